The number of hydrogen-bond donors (Lipinski definition) is 2. The topological polar surface area (TPSA) is 79.4 Å². The second-order valence-corrected chi connectivity index (χ2v) is 7.24. The van der Waals surface area contributed by atoms with Crippen LogP contribution in [0.25, 0.3) is 0 Å². The maximum absolute atomic E-state index is 12.2. The second-order valence-electron chi connectivity index (χ2n) is 7.24. The SMILES string of the molecule is CC(C)(C)NC(=O)c1cnc(Nc2ccccc2N2CCOCC2)nc1. The van der Waals surface area contributed by atoms with E-state index in [0.29, 0.717) is 11.5 Å². The molecule has 0 atom stereocenters. The first kappa shape index (κ1) is 18.1. The van der Waals surface area contributed by atoms with E-state index >= 15 is 0 Å². The van der Waals surface area contributed by atoms with Crippen molar-refractivity contribution in [2.45, 2.75) is 26.3 Å². The van der Waals surface area contributed by atoms with Crippen molar-refractivity contribution in [2.24, 2.45) is 0 Å². The third-order valence-corrected chi connectivity index (χ3v) is 3.90. The fraction of sp³-hybridized carbons (Fsp3) is 0.421. The van der Waals surface area contributed by atoms with Crippen LogP contribution in [0.4, 0.5) is 17.3 Å². The molecule has 1 fully saturated rings. The van der Waals surface area contributed by atoms with Gasteiger partial charge in [0.25, 0.3) is 5.91 Å². The Kier molecular flexibility index (Phi) is 5.37. The Morgan fingerprint density at radius 1 is 1.12 bits per heavy atom. The lowest BCUT2D eigenvalue weighted by Crippen LogP contribution is -2.40. The average Bonchev–Trinajstić information content (AvgIpc) is 2.62. The maximum atomic E-state index is 12.2. The predicted octanol–water partition coefficient (Wildman–Crippen LogP) is 2.59. The lowest BCUT2D eigenvalue weighted by molar-refractivity contribution is 0.0919. The van der Waals surface area contributed by atoms with Gasteiger partial charge in [0, 0.05) is 31.0 Å². The number of para-hydroxylation sites is 2. The van der Waals surface area contributed by atoms with Crippen LogP contribution in [0.2, 0.25) is 0 Å². The van der Waals surface area contributed by atoms with Crippen LogP contribution < -0.4 is 15.5 Å². The van der Waals surface area contributed by atoms with Crippen molar-refractivity contribution in [2.75, 3.05) is 36.5 Å². The van der Waals surface area contributed by atoms with Gasteiger partial charge < -0.3 is 20.3 Å². The molecule has 1 aromatic heterocycles. The van der Waals surface area contributed by atoms with E-state index < -0.39 is 0 Å². The van der Waals surface area contributed by atoms with Gasteiger partial charge in [-0.25, -0.2) is 9.97 Å². The number of carbonyl (C=O) groups excluding carboxylic acids is 1. The normalized spacial score (nSPS) is 14.8. The van der Waals surface area contributed by atoms with E-state index in [-0.39, 0.29) is 11.4 Å². The summed E-state index contributed by atoms with van der Waals surface area (Å²) in [6, 6.07) is 8.04. The van der Waals surface area contributed by atoms with Crippen LogP contribution in [-0.2, 0) is 4.74 Å². The molecule has 7 nitrogen and oxygen atoms in total. The number of aromatic nitrogens is 2. The Balaban J connectivity index is 1.73. The Labute approximate surface area is 153 Å². The van der Waals surface area contributed by atoms with Gasteiger partial charge in [0.05, 0.1) is 30.2 Å². The first-order valence-corrected chi connectivity index (χ1v) is 8.76. The number of anilines is 3. The van der Waals surface area contributed by atoms with Crippen LogP contribution >= 0.6 is 0 Å². The summed E-state index contributed by atoms with van der Waals surface area (Å²) in [6.45, 7) is 8.96. The highest BCUT2D eigenvalue weighted by Gasteiger charge is 2.17. The molecule has 7 heteroatoms. The summed E-state index contributed by atoms with van der Waals surface area (Å²) in [5.74, 6) is 0.274. The molecule has 1 aliphatic rings. The molecule has 138 valence electrons. The van der Waals surface area contributed by atoms with Crippen LogP contribution in [0, 0.1) is 0 Å². The van der Waals surface area contributed by atoms with E-state index in [1.165, 1.54) is 12.4 Å². The second kappa shape index (κ2) is 7.70. The van der Waals surface area contributed by atoms with Gasteiger partial charge in [-0.1, -0.05) is 12.1 Å². The zero-order valence-electron chi connectivity index (χ0n) is 15.5. The first-order valence-electron chi connectivity index (χ1n) is 8.76. The summed E-state index contributed by atoms with van der Waals surface area (Å²) in [7, 11) is 0. The maximum Gasteiger partial charge on any atom is 0.254 e. The number of ether oxygens (including phenoxy) is 1. The average molecular weight is 355 g/mol. The van der Waals surface area contributed by atoms with E-state index in [1.54, 1.807) is 0 Å². The molecule has 1 amide bonds. The molecule has 0 radical (unpaired) electrons. The highest BCUT2D eigenvalue weighted by atomic mass is 16.5. The number of amides is 1. The van der Waals surface area contributed by atoms with Crippen LogP contribution in [0.5, 0.6) is 0 Å². The molecule has 0 saturated carbocycles. The van der Waals surface area contributed by atoms with Gasteiger partial charge in [0.1, 0.15) is 0 Å². The molecular weight excluding hydrogens is 330 g/mol. The monoisotopic (exact) mass is 355 g/mol. The van der Waals surface area contributed by atoms with Crippen LogP contribution in [0.3, 0.4) is 0 Å². The number of morpholine rings is 1. The Bertz CT molecular complexity index is 749. The Hall–Kier alpha value is -2.67. The third-order valence-electron chi connectivity index (χ3n) is 3.90. The molecule has 0 spiro atoms. The van der Waals surface area contributed by atoms with Gasteiger partial charge in [-0.05, 0) is 32.9 Å². The standard InChI is InChI=1S/C19H25N5O2/c1-19(2,3)23-17(25)14-12-20-18(21-13-14)22-15-6-4-5-7-16(15)24-8-10-26-11-9-24/h4-7,12-13H,8-11H2,1-3H3,(H,23,25)(H,20,21,22). The predicted molar refractivity (Wildman–Crippen MR) is 102 cm³/mol. The van der Waals surface area contributed by atoms with Crippen LogP contribution in [0.1, 0.15) is 31.1 Å². The lowest BCUT2D eigenvalue weighted by Gasteiger charge is -2.30. The Morgan fingerprint density at radius 3 is 2.42 bits per heavy atom. The van der Waals surface area contributed by atoms with E-state index in [0.717, 1.165) is 37.7 Å². The van der Waals surface area contributed by atoms with E-state index in [2.05, 4.69) is 31.6 Å². The van der Waals surface area contributed by atoms with E-state index in [1.807, 2.05) is 39.0 Å². The quantitative estimate of drug-likeness (QED) is 0.878. The van der Waals surface area contributed by atoms with Crippen molar-refractivity contribution in [3.63, 3.8) is 0 Å². The molecule has 1 saturated heterocycles. The van der Waals surface area contributed by atoms with Crippen molar-refractivity contribution in [1.29, 1.82) is 0 Å². The fourth-order valence-electron chi connectivity index (χ4n) is 2.70. The summed E-state index contributed by atoms with van der Waals surface area (Å²) in [4.78, 5) is 23.0. The summed E-state index contributed by atoms with van der Waals surface area (Å²) in [6.07, 6.45) is 3.07. The molecule has 0 unspecified atom stereocenters. The van der Waals surface area contributed by atoms with Crippen molar-refractivity contribution in [3.8, 4) is 0 Å². The molecule has 1 aromatic carbocycles. The number of carbonyl (C=O) groups is 1. The largest absolute Gasteiger partial charge is 0.378 e. The minimum absolute atomic E-state index is 0.183. The van der Waals surface area contributed by atoms with Crippen molar-refractivity contribution in [1.82, 2.24) is 15.3 Å². The minimum Gasteiger partial charge on any atom is -0.378 e. The zero-order valence-corrected chi connectivity index (χ0v) is 15.5. The summed E-state index contributed by atoms with van der Waals surface area (Å²) in [5, 5.41) is 6.15. The fourth-order valence-corrected chi connectivity index (χ4v) is 2.70. The highest BCUT2D eigenvalue weighted by Crippen LogP contribution is 2.28. The van der Waals surface area contributed by atoms with Gasteiger partial charge >= 0.3 is 0 Å². The third kappa shape index (κ3) is 4.70. The Morgan fingerprint density at radius 2 is 1.77 bits per heavy atom. The minimum atomic E-state index is -0.300. The number of hydrogen-bond acceptors (Lipinski definition) is 6. The van der Waals surface area contributed by atoms with Gasteiger partial charge in [-0.3, -0.25) is 4.79 Å². The van der Waals surface area contributed by atoms with E-state index in [4.69, 9.17) is 4.74 Å². The molecule has 3 rings (SSSR count). The van der Waals surface area contributed by atoms with Crippen LogP contribution in [-0.4, -0.2) is 47.7 Å². The number of nitrogens with zero attached hydrogens (tertiary/aromatic N) is 3. The lowest BCUT2D eigenvalue weighted by atomic mass is 10.1. The molecule has 1 aliphatic heterocycles. The van der Waals surface area contributed by atoms with Crippen molar-refractivity contribution >= 4 is 23.2 Å². The molecular formula is C19H25N5O2. The molecule has 0 bridgehead atoms. The molecule has 2 aromatic rings. The molecule has 2 N–H and O–H groups in total. The first-order chi connectivity index (χ1) is 12.4. The molecule has 26 heavy (non-hydrogen) atoms. The van der Waals surface area contributed by atoms with Gasteiger partial charge in [-0.2, -0.15) is 0 Å². The van der Waals surface area contributed by atoms with Crippen molar-refractivity contribution < 1.29 is 9.53 Å². The van der Waals surface area contributed by atoms with Crippen LogP contribution in [0.15, 0.2) is 36.7 Å². The number of benzene rings is 1. The number of nitrogens with one attached hydrogen (secondary N) is 2. The van der Waals surface area contributed by atoms with Gasteiger partial charge in [0.15, 0.2) is 0 Å². The zero-order chi connectivity index (χ0) is 18.6. The summed E-state index contributed by atoms with van der Waals surface area (Å²) in [5.41, 5.74) is 2.16. The molecule has 0 aliphatic carbocycles. The van der Waals surface area contributed by atoms with E-state index in [9.17, 15) is 4.79 Å². The number of rotatable bonds is 4. The highest BCUT2D eigenvalue weighted by molar-refractivity contribution is 5.94. The molecule has 2 heterocycles. The van der Waals surface area contributed by atoms with Crippen molar-refractivity contribution in [3.05, 3.63) is 42.2 Å². The van der Waals surface area contributed by atoms with Gasteiger partial charge in [-0.15, -0.1) is 0 Å². The summed E-state index contributed by atoms with van der Waals surface area (Å²) >= 11 is 0. The smallest absolute Gasteiger partial charge is 0.254 e. The van der Waals surface area contributed by atoms with Gasteiger partial charge in [0.2, 0.25) is 5.95 Å². The summed E-state index contributed by atoms with van der Waals surface area (Å²) < 4.78 is 5.42.